The summed E-state index contributed by atoms with van der Waals surface area (Å²) in [6, 6.07) is 7.94. The number of benzene rings is 1. The number of aromatic nitrogens is 1. The fourth-order valence-electron chi connectivity index (χ4n) is 1.50. The lowest BCUT2D eigenvalue weighted by molar-refractivity contribution is -0.354. The first-order valence-electron chi connectivity index (χ1n) is 4.77. The third kappa shape index (κ3) is 2.15. The van der Waals surface area contributed by atoms with E-state index in [1.54, 1.807) is 11.3 Å². The first-order valence-corrected chi connectivity index (χ1v) is 5.59. The van der Waals surface area contributed by atoms with Crippen LogP contribution in [-0.4, -0.2) is 5.97 Å². The number of para-hydroxylation sites is 1. The van der Waals surface area contributed by atoms with E-state index in [0.717, 1.165) is 15.2 Å². The maximum atomic E-state index is 10.5. The summed E-state index contributed by atoms with van der Waals surface area (Å²) in [5.74, 6) is -1.03. The number of H-pyrrole nitrogens is 1. The third-order valence-electron chi connectivity index (χ3n) is 2.29. The van der Waals surface area contributed by atoms with Crippen LogP contribution in [0.25, 0.3) is 10.2 Å². The molecule has 1 heterocycles. The van der Waals surface area contributed by atoms with Gasteiger partial charge in [0.15, 0.2) is 0 Å². The minimum Gasteiger partial charge on any atom is -0.550 e. The number of carboxylic acid groups (broad SMARTS) is 1. The lowest BCUT2D eigenvalue weighted by atomic mass is 10.1. The van der Waals surface area contributed by atoms with Gasteiger partial charge < -0.3 is 9.90 Å². The first-order chi connectivity index (χ1) is 7.16. The van der Waals surface area contributed by atoms with Crippen LogP contribution >= 0.6 is 11.3 Å². The predicted octanol–water partition coefficient (Wildman–Crippen LogP) is 0.959. The Hall–Kier alpha value is -1.42. The molecule has 4 heteroatoms. The third-order valence-corrected chi connectivity index (χ3v) is 3.59. The van der Waals surface area contributed by atoms with Crippen molar-refractivity contribution in [3.8, 4) is 0 Å². The molecule has 0 amide bonds. The SMILES string of the molecule is CC(CC(=O)[O-])c1[nH+]c2ccccc2s1. The molecule has 1 aromatic heterocycles. The van der Waals surface area contributed by atoms with Crippen molar-refractivity contribution in [1.29, 1.82) is 0 Å². The zero-order valence-electron chi connectivity index (χ0n) is 8.32. The van der Waals surface area contributed by atoms with Gasteiger partial charge in [-0.05, 0) is 6.07 Å². The van der Waals surface area contributed by atoms with Crippen LogP contribution in [0, 0.1) is 0 Å². The van der Waals surface area contributed by atoms with Crippen LogP contribution in [0.4, 0.5) is 0 Å². The number of thiazole rings is 1. The smallest absolute Gasteiger partial charge is 0.239 e. The molecular formula is C11H11NO2S. The maximum Gasteiger partial charge on any atom is 0.239 e. The number of aromatic amines is 1. The lowest BCUT2D eigenvalue weighted by Crippen LogP contribution is -2.25. The van der Waals surface area contributed by atoms with Crippen molar-refractivity contribution in [2.75, 3.05) is 0 Å². The van der Waals surface area contributed by atoms with Crippen molar-refractivity contribution in [3.05, 3.63) is 29.3 Å². The van der Waals surface area contributed by atoms with Crippen LogP contribution in [0.1, 0.15) is 24.3 Å². The Morgan fingerprint density at radius 1 is 1.53 bits per heavy atom. The highest BCUT2D eigenvalue weighted by Gasteiger charge is 2.17. The molecule has 0 saturated heterocycles. The number of hydrogen-bond acceptors (Lipinski definition) is 3. The monoisotopic (exact) mass is 221 g/mol. The quantitative estimate of drug-likeness (QED) is 0.775. The van der Waals surface area contributed by atoms with Crippen LogP contribution in [-0.2, 0) is 4.79 Å². The highest BCUT2D eigenvalue weighted by atomic mass is 32.1. The molecule has 0 aliphatic rings. The van der Waals surface area contributed by atoms with Gasteiger partial charge in [-0.3, -0.25) is 0 Å². The van der Waals surface area contributed by atoms with E-state index in [9.17, 15) is 9.90 Å². The van der Waals surface area contributed by atoms with Gasteiger partial charge in [-0.15, -0.1) is 0 Å². The standard InChI is InChI=1S/C11H11NO2S/c1-7(6-10(13)14)11-12-8-4-2-3-5-9(8)15-11/h2-5,7H,6H2,1H3,(H,13,14). The fraction of sp³-hybridized carbons (Fsp3) is 0.273. The predicted molar refractivity (Wildman–Crippen MR) is 56.4 cm³/mol. The molecule has 0 bridgehead atoms. The number of carboxylic acids is 1. The van der Waals surface area contributed by atoms with Crippen LogP contribution in [0.2, 0.25) is 0 Å². The van der Waals surface area contributed by atoms with E-state index in [1.165, 1.54) is 0 Å². The van der Waals surface area contributed by atoms with E-state index in [2.05, 4.69) is 4.98 Å². The van der Waals surface area contributed by atoms with E-state index in [1.807, 2.05) is 31.2 Å². The number of aliphatic carboxylic acids is 1. The maximum absolute atomic E-state index is 10.5. The molecule has 78 valence electrons. The van der Waals surface area contributed by atoms with Gasteiger partial charge in [0.05, 0.1) is 5.92 Å². The Morgan fingerprint density at radius 3 is 2.93 bits per heavy atom. The number of carbonyl (C=O) groups excluding carboxylic acids is 1. The van der Waals surface area contributed by atoms with Gasteiger partial charge in [0.2, 0.25) is 10.5 Å². The normalized spacial score (nSPS) is 12.9. The number of hydrogen-bond donors (Lipinski definition) is 0. The molecule has 0 aliphatic heterocycles. The molecule has 1 aromatic carbocycles. The molecule has 2 rings (SSSR count). The van der Waals surface area contributed by atoms with Gasteiger partial charge in [0.1, 0.15) is 4.70 Å². The number of carbonyl (C=O) groups is 1. The van der Waals surface area contributed by atoms with E-state index in [-0.39, 0.29) is 12.3 Å². The van der Waals surface area contributed by atoms with Gasteiger partial charge in [0.25, 0.3) is 0 Å². The highest BCUT2D eigenvalue weighted by molar-refractivity contribution is 7.18. The van der Waals surface area contributed by atoms with Crippen LogP contribution in [0.15, 0.2) is 24.3 Å². The minimum absolute atomic E-state index is 0.0209. The molecule has 2 aromatic rings. The van der Waals surface area contributed by atoms with Crippen molar-refractivity contribution in [3.63, 3.8) is 0 Å². The molecule has 1 N–H and O–H groups in total. The fourth-order valence-corrected chi connectivity index (χ4v) is 2.56. The molecular weight excluding hydrogens is 210 g/mol. The van der Waals surface area contributed by atoms with Gasteiger partial charge in [-0.2, -0.15) is 4.98 Å². The average Bonchev–Trinajstić information content (AvgIpc) is 2.59. The molecule has 0 saturated carbocycles. The zero-order chi connectivity index (χ0) is 10.8. The molecule has 1 unspecified atom stereocenters. The topological polar surface area (TPSA) is 54.3 Å². The molecule has 0 spiro atoms. The van der Waals surface area contributed by atoms with E-state index >= 15 is 0 Å². The summed E-state index contributed by atoms with van der Waals surface area (Å²) in [6.45, 7) is 1.89. The van der Waals surface area contributed by atoms with Gasteiger partial charge in [-0.1, -0.05) is 30.4 Å². The number of nitrogens with one attached hydrogen (secondary N) is 1. The molecule has 1 atom stereocenters. The Balaban J connectivity index is 2.32. The summed E-state index contributed by atoms with van der Waals surface area (Å²) in [5.41, 5.74) is 1.06. The van der Waals surface area contributed by atoms with E-state index < -0.39 is 5.97 Å². The van der Waals surface area contributed by atoms with Gasteiger partial charge in [0, 0.05) is 18.5 Å². The summed E-state index contributed by atoms with van der Waals surface area (Å²) < 4.78 is 1.15. The summed E-state index contributed by atoms with van der Waals surface area (Å²) in [6.07, 6.45) is 0.0589. The van der Waals surface area contributed by atoms with Crippen molar-refractivity contribution in [2.24, 2.45) is 0 Å². The minimum atomic E-state index is -1.01. The molecule has 0 radical (unpaired) electrons. The second-order valence-electron chi connectivity index (χ2n) is 3.56. The van der Waals surface area contributed by atoms with Crippen molar-refractivity contribution >= 4 is 27.5 Å². The first kappa shape index (κ1) is 10.1. The number of fused-ring (bicyclic) bond motifs is 1. The van der Waals surface area contributed by atoms with Crippen molar-refractivity contribution in [1.82, 2.24) is 0 Å². The Bertz CT molecular complexity index is 459. The van der Waals surface area contributed by atoms with Crippen LogP contribution < -0.4 is 10.1 Å². The zero-order valence-corrected chi connectivity index (χ0v) is 9.14. The number of rotatable bonds is 3. The molecule has 15 heavy (non-hydrogen) atoms. The summed E-state index contributed by atoms with van der Waals surface area (Å²) in [5, 5.41) is 11.5. The second-order valence-corrected chi connectivity index (χ2v) is 4.65. The van der Waals surface area contributed by atoms with Crippen molar-refractivity contribution in [2.45, 2.75) is 19.3 Å². The summed E-state index contributed by atoms with van der Waals surface area (Å²) in [4.78, 5) is 13.7. The second kappa shape index (κ2) is 3.98. The summed E-state index contributed by atoms with van der Waals surface area (Å²) >= 11 is 1.60. The van der Waals surface area contributed by atoms with Gasteiger partial charge in [-0.25, -0.2) is 0 Å². The summed E-state index contributed by atoms with van der Waals surface area (Å²) in [7, 11) is 0. The van der Waals surface area contributed by atoms with Gasteiger partial charge >= 0.3 is 0 Å². The Labute approximate surface area is 91.4 Å². The highest BCUT2D eigenvalue weighted by Crippen LogP contribution is 2.25. The largest absolute Gasteiger partial charge is 0.550 e. The Kier molecular flexibility index (Phi) is 2.68. The van der Waals surface area contributed by atoms with Crippen LogP contribution in [0.5, 0.6) is 0 Å². The van der Waals surface area contributed by atoms with E-state index in [0.29, 0.717) is 0 Å². The molecule has 0 aliphatic carbocycles. The molecule has 3 nitrogen and oxygen atoms in total. The van der Waals surface area contributed by atoms with Crippen LogP contribution in [0.3, 0.4) is 0 Å². The van der Waals surface area contributed by atoms with E-state index in [4.69, 9.17) is 0 Å². The van der Waals surface area contributed by atoms with Crippen molar-refractivity contribution < 1.29 is 14.9 Å². The average molecular weight is 221 g/mol. The molecule has 0 fully saturated rings. The lowest BCUT2D eigenvalue weighted by Gasteiger charge is -2.04. The Morgan fingerprint density at radius 2 is 2.27 bits per heavy atom.